The Morgan fingerprint density at radius 1 is 1.42 bits per heavy atom. The first-order chi connectivity index (χ1) is 8.87. The number of hydrogen-bond acceptors (Lipinski definition) is 3. The number of aromatic carboxylic acids is 1. The van der Waals surface area contributed by atoms with E-state index in [1.54, 1.807) is 0 Å². The monoisotopic (exact) mass is 270 g/mol. The van der Waals surface area contributed by atoms with E-state index in [-0.39, 0.29) is 24.2 Å². The molecule has 7 heteroatoms. The van der Waals surface area contributed by atoms with E-state index >= 15 is 0 Å². The summed E-state index contributed by atoms with van der Waals surface area (Å²) < 4.78 is 25.9. The minimum Gasteiger partial charge on any atom is -0.478 e. The topological polar surface area (TPSA) is 79.3 Å². The number of carboxylic acid groups (broad SMARTS) is 1. The van der Waals surface area contributed by atoms with Crippen LogP contribution in [0.2, 0.25) is 0 Å². The van der Waals surface area contributed by atoms with Gasteiger partial charge in [-0.15, -0.1) is 0 Å². The average Bonchev–Trinajstić information content (AvgIpc) is 2.70. The van der Waals surface area contributed by atoms with E-state index in [4.69, 9.17) is 5.11 Å². The molecule has 102 valence electrons. The quantitative estimate of drug-likeness (QED) is 0.882. The van der Waals surface area contributed by atoms with Crippen molar-refractivity contribution in [1.29, 1.82) is 0 Å². The van der Waals surface area contributed by atoms with Crippen LogP contribution in [0.15, 0.2) is 18.3 Å². The molecular weight excluding hydrogens is 258 g/mol. The number of rotatable bonds is 3. The van der Waals surface area contributed by atoms with Gasteiger partial charge in [-0.1, -0.05) is 0 Å². The lowest BCUT2D eigenvalue weighted by molar-refractivity contribution is -0.120. The summed E-state index contributed by atoms with van der Waals surface area (Å²) in [5.41, 5.74) is -0.00889. The van der Waals surface area contributed by atoms with Gasteiger partial charge in [-0.2, -0.15) is 0 Å². The van der Waals surface area contributed by atoms with E-state index in [2.05, 4.69) is 10.3 Å². The summed E-state index contributed by atoms with van der Waals surface area (Å²) in [5, 5.41) is 11.1. The molecule has 2 rings (SSSR count). The summed E-state index contributed by atoms with van der Waals surface area (Å²) in [6, 6.07) is 2.61. The molecule has 1 fully saturated rings. The molecule has 1 heterocycles. The number of nitrogens with zero attached hydrogens (tertiary/aromatic N) is 1. The summed E-state index contributed by atoms with van der Waals surface area (Å²) in [7, 11) is 0. The molecule has 0 aromatic carbocycles. The van der Waals surface area contributed by atoms with Gasteiger partial charge < -0.3 is 10.4 Å². The molecule has 0 aliphatic heterocycles. The average molecular weight is 270 g/mol. The fraction of sp³-hybridized carbons (Fsp3) is 0.417. The fourth-order valence-corrected chi connectivity index (χ4v) is 2.00. The Balaban J connectivity index is 1.98. The van der Waals surface area contributed by atoms with Gasteiger partial charge in [0.1, 0.15) is 5.82 Å². The van der Waals surface area contributed by atoms with Gasteiger partial charge in [-0.3, -0.25) is 4.79 Å². The molecule has 0 spiro atoms. The Morgan fingerprint density at radius 3 is 2.63 bits per heavy atom. The molecule has 1 aliphatic rings. The maximum Gasteiger partial charge on any atom is 0.337 e. The van der Waals surface area contributed by atoms with Gasteiger partial charge in [0.05, 0.1) is 5.56 Å². The standard InChI is InChI=1S/C12H12F2N2O3/c13-12(14)4-3-7(5-12)10(17)16-9-2-1-8(6-15-9)11(18)19/h1-2,6-7H,3-5H2,(H,18,19)(H,15,16,17). The maximum absolute atomic E-state index is 13.0. The molecule has 0 bridgehead atoms. The second-order valence-electron chi connectivity index (χ2n) is 4.52. The third kappa shape index (κ3) is 3.24. The number of hydrogen-bond donors (Lipinski definition) is 2. The Hall–Kier alpha value is -2.05. The normalized spacial score (nSPS) is 21.1. The minimum absolute atomic E-state index is 0.00889. The first kappa shape index (κ1) is 13.4. The van der Waals surface area contributed by atoms with E-state index in [1.807, 2.05) is 0 Å². The van der Waals surface area contributed by atoms with Crippen LogP contribution in [0.5, 0.6) is 0 Å². The van der Waals surface area contributed by atoms with Crippen LogP contribution < -0.4 is 5.32 Å². The van der Waals surface area contributed by atoms with E-state index in [1.165, 1.54) is 12.1 Å². The van der Waals surface area contributed by atoms with Crippen molar-refractivity contribution in [3.63, 3.8) is 0 Å². The number of anilines is 1. The predicted molar refractivity (Wildman–Crippen MR) is 62.1 cm³/mol. The van der Waals surface area contributed by atoms with Gasteiger partial charge in [0.15, 0.2) is 0 Å². The lowest BCUT2D eigenvalue weighted by atomic mass is 10.1. The molecule has 1 amide bonds. The van der Waals surface area contributed by atoms with Crippen molar-refractivity contribution in [2.75, 3.05) is 5.32 Å². The van der Waals surface area contributed by atoms with Crippen molar-refractivity contribution < 1.29 is 23.5 Å². The lowest BCUT2D eigenvalue weighted by Gasteiger charge is -2.10. The van der Waals surface area contributed by atoms with Crippen LogP contribution in [0, 0.1) is 5.92 Å². The third-order valence-electron chi connectivity index (χ3n) is 3.04. The summed E-state index contributed by atoms with van der Waals surface area (Å²) in [5.74, 6) is -4.97. The second-order valence-corrected chi connectivity index (χ2v) is 4.52. The van der Waals surface area contributed by atoms with Crippen molar-refractivity contribution in [3.05, 3.63) is 23.9 Å². The van der Waals surface area contributed by atoms with Crippen molar-refractivity contribution >= 4 is 17.7 Å². The number of nitrogens with one attached hydrogen (secondary N) is 1. The summed E-state index contributed by atoms with van der Waals surface area (Å²) in [6.07, 6.45) is 0.510. The number of pyridine rings is 1. The lowest BCUT2D eigenvalue weighted by Crippen LogP contribution is -2.23. The highest BCUT2D eigenvalue weighted by Crippen LogP contribution is 2.39. The molecular formula is C12H12F2N2O3. The van der Waals surface area contributed by atoms with Crippen LogP contribution in [0.3, 0.4) is 0 Å². The van der Waals surface area contributed by atoms with Crippen molar-refractivity contribution in [2.24, 2.45) is 5.92 Å². The molecule has 19 heavy (non-hydrogen) atoms. The molecule has 1 unspecified atom stereocenters. The molecule has 1 aromatic heterocycles. The fourth-order valence-electron chi connectivity index (χ4n) is 2.00. The van der Waals surface area contributed by atoms with Crippen LogP contribution in [-0.2, 0) is 4.79 Å². The summed E-state index contributed by atoms with van der Waals surface area (Å²) >= 11 is 0. The first-order valence-corrected chi connectivity index (χ1v) is 5.75. The largest absolute Gasteiger partial charge is 0.478 e. The van der Waals surface area contributed by atoms with Gasteiger partial charge in [-0.05, 0) is 18.6 Å². The van der Waals surface area contributed by atoms with Gasteiger partial charge in [0.25, 0.3) is 0 Å². The number of halogens is 2. The highest BCUT2D eigenvalue weighted by molar-refractivity contribution is 5.92. The number of alkyl halides is 2. The SMILES string of the molecule is O=C(O)c1ccc(NC(=O)C2CCC(F)(F)C2)nc1. The molecule has 1 aromatic rings. The molecule has 0 radical (unpaired) electrons. The van der Waals surface area contributed by atoms with E-state index in [9.17, 15) is 18.4 Å². The number of amides is 1. The van der Waals surface area contributed by atoms with Gasteiger partial charge in [-0.25, -0.2) is 18.6 Å². The second kappa shape index (κ2) is 4.91. The third-order valence-corrected chi connectivity index (χ3v) is 3.04. The summed E-state index contributed by atoms with van der Waals surface area (Å²) in [4.78, 5) is 26.1. The Bertz CT molecular complexity index is 502. The molecule has 1 aliphatic carbocycles. The van der Waals surface area contributed by atoms with Gasteiger partial charge in [0.2, 0.25) is 11.8 Å². The van der Waals surface area contributed by atoms with Crippen LogP contribution >= 0.6 is 0 Å². The van der Waals surface area contributed by atoms with E-state index < -0.39 is 30.1 Å². The minimum atomic E-state index is -2.78. The predicted octanol–water partition coefficient (Wildman–Crippen LogP) is 2.15. The Kier molecular flexibility index (Phi) is 3.46. The van der Waals surface area contributed by atoms with E-state index in [0.717, 1.165) is 6.20 Å². The maximum atomic E-state index is 13.0. The molecule has 5 nitrogen and oxygen atoms in total. The number of carboxylic acids is 1. The highest BCUT2D eigenvalue weighted by atomic mass is 19.3. The summed E-state index contributed by atoms with van der Waals surface area (Å²) in [6.45, 7) is 0. The number of carbonyl (C=O) groups is 2. The Morgan fingerprint density at radius 2 is 2.16 bits per heavy atom. The molecule has 1 saturated carbocycles. The van der Waals surface area contributed by atoms with Crippen LogP contribution in [0.1, 0.15) is 29.6 Å². The van der Waals surface area contributed by atoms with Gasteiger partial charge in [0, 0.05) is 25.0 Å². The zero-order valence-electron chi connectivity index (χ0n) is 9.90. The number of aromatic nitrogens is 1. The van der Waals surface area contributed by atoms with Crippen LogP contribution in [0.4, 0.5) is 14.6 Å². The number of carbonyl (C=O) groups excluding carboxylic acids is 1. The first-order valence-electron chi connectivity index (χ1n) is 5.75. The molecule has 0 saturated heterocycles. The smallest absolute Gasteiger partial charge is 0.337 e. The Labute approximate surface area is 107 Å². The van der Waals surface area contributed by atoms with Crippen LogP contribution in [-0.4, -0.2) is 27.9 Å². The highest BCUT2D eigenvalue weighted by Gasteiger charge is 2.42. The van der Waals surface area contributed by atoms with Crippen molar-refractivity contribution in [1.82, 2.24) is 4.98 Å². The molecule has 2 N–H and O–H groups in total. The van der Waals surface area contributed by atoms with Crippen molar-refractivity contribution in [3.8, 4) is 0 Å². The van der Waals surface area contributed by atoms with E-state index in [0.29, 0.717) is 0 Å². The molecule has 1 atom stereocenters. The van der Waals surface area contributed by atoms with Crippen LogP contribution in [0.25, 0.3) is 0 Å². The van der Waals surface area contributed by atoms with Gasteiger partial charge >= 0.3 is 5.97 Å². The van der Waals surface area contributed by atoms with Crippen molar-refractivity contribution in [2.45, 2.75) is 25.2 Å². The zero-order valence-corrected chi connectivity index (χ0v) is 9.90. The zero-order chi connectivity index (χ0) is 14.0.